The molecule has 0 heterocycles. The molecule has 1 aliphatic rings. The predicted molar refractivity (Wildman–Crippen MR) is 73.1 cm³/mol. The Kier molecular flexibility index (Phi) is 4.55. The zero-order chi connectivity index (χ0) is 14.0. The highest BCUT2D eigenvalue weighted by molar-refractivity contribution is 9.09. The summed E-state index contributed by atoms with van der Waals surface area (Å²) >= 11 is 3.52. The third-order valence-electron chi connectivity index (χ3n) is 3.48. The average Bonchev–Trinajstić information content (AvgIpc) is 2.31. The van der Waals surface area contributed by atoms with E-state index in [4.69, 9.17) is 0 Å². The molecule has 0 saturated heterocycles. The molecule has 0 aromatic heterocycles. The Balaban J connectivity index is 1.87. The lowest BCUT2D eigenvalue weighted by atomic mass is 9.85. The molecule has 0 unspecified atom stereocenters. The highest BCUT2D eigenvalue weighted by Gasteiger charge is 2.28. The summed E-state index contributed by atoms with van der Waals surface area (Å²) in [5.74, 6) is -1.32. The van der Waals surface area contributed by atoms with Gasteiger partial charge in [0.1, 0.15) is 0 Å². The van der Waals surface area contributed by atoms with Crippen molar-refractivity contribution in [2.45, 2.75) is 24.1 Å². The molecule has 0 N–H and O–H groups in total. The van der Waals surface area contributed by atoms with E-state index in [0.717, 1.165) is 31.5 Å². The summed E-state index contributed by atoms with van der Waals surface area (Å²) in [6.07, 6.45) is 2.28. The lowest BCUT2D eigenvalue weighted by Crippen LogP contribution is -2.38. The van der Waals surface area contributed by atoms with Crippen molar-refractivity contribution < 1.29 is 13.6 Å². The van der Waals surface area contributed by atoms with E-state index in [9.17, 15) is 13.6 Å². The first-order valence-corrected chi connectivity index (χ1v) is 7.19. The number of carbonyl (C=O) groups excluding carboxylic acids is 1. The number of hydrogen-bond acceptors (Lipinski definition) is 1. The summed E-state index contributed by atoms with van der Waals surface area (Å²) in [6, 6.07) is 3.58. The van der Waals surface area contributed by atoms with Gasteiger partial charge in [-0.2, -0.15) is 0 Å². The Morgan fingerprint density at radius 2 is 2.05 bits per heavy atom. The fourth-order valence-electron chi connectivity index (χ4n) is 2.25. The molecule has 104 valence electrons. The van der Waals surface area contributed by atoms with Crippen LogP contribution < -0.4 is 0 Å². The van der Waals surface area contributed by atoms with Gasteiger partial charge in [0.05, 0.1) is 6.42 Å². The molecule has 0 bridgehead atoms. The molecular formula is C14H16BrF2NO. The Morgan fingerprint density at radius 3 is 2.63 bits per heavy atom. The summed E-state index contributed by atoms with van der Waals surface area (Å²) < 4.78 is 25.8. The first-order valence-electron chi connectivity index (χ1n) is 6.27. The molecular weight excluding hydrogens is 316 g/mol. The quantitative estimate of drug-likeness (QED) is 0.776. The molecule has 0 atom stereocenters. The third kappa shape index (κ3) is 3.75. The monoisotopic (exact) mass is 331 g/mol. The molecule has 1 amide bonds. The van der Waals surface area contributed by atoms with Gasteiger partial charge >= 0.3 is 0 Å². The van der Waals surface area contributed by atoms with E-state index < -0.39 is 11.6 Å². The van der Waals surface area contributed by atoms with Crippen LogP contribution in [0.25, 0.3) is 0 Å². The summed E-state index contributed by atoms with van der Waals surface area (Å²) in [5, 5.41) is 0. The van der Waals surface area contributed by atoms with Gasteiger partial charge < -0.3 is 4.90 Å². The van der Waals surface area contributed by atoms with Crippen molar-refractivity contribution in [3.63, 3.8) is 0 Å². The smallest absolute Gasteiger partial charge is 0.226 e. The van der Waals surface area contributed by atoms with E-state index in [1.165, 1.54) is 6.07 Å². The van der Waals surface area contributed by atoms with Gasteiger partial charge in [-0.15, -0.1) is 0 Å². The number of halogens is 3. The zero-order valence-corrected chi connectivity index (χ0v) is 12.3. The maximum atomic E-state index is 13.0. The van der Waals surface area contributed by atoms with Crippen molar-refractivity contribution in [2.24, 2.45) is 5.92 Å². The third-order valence-corrected chi connectivity index (χ3v) is 4.22. The maximum Gasteiger partial charge on any atom is 0.226 e. The lowest BCUT2D eigenvalue weighted by molar-refractivity contribution is -0.130. The van der Waals surface area contributed by atoms with Crippen LogP contribution in [-0.4, -0.2) is 29.2 Å². The number of carbonyl (C=O) groups is 1. The number of benzene rings is 1. The fourth-order valence-corrected chi connectivity index (χ4v) is 3.31. The minimum Gasteiger partial charge on any atom is -0.345 e. The van der Waals surface area contributed by atoms with Gasteiger partial charge in [-0.05, 0) is 36.5 Å². The van der Waals surface area contributed by atoms with Crippen LogP contribution in [0, 0.1) is 17.6 Å². The molecule has 0 spiro atoms. The van der Waals surface area contributed by atoms with Gasteiger partial charge in [-0.3, -0.25) is 4.79 Å². The van der Waals surface area contributed by atoms with Crippen molar-refractivity contribution in [1.29, 1.82) is 0 Å². The minimum absolute atomic E-state index is 0.0657. The van der Waals surface area contributed by atoms with Crippen LogP contribution >= 0.6 is 15.9 Å². The first kappa shape index (κ1) is 14.4. The Bertz CT molecular complexity index is 475. The number of rotatable bonds is 4. The second-order valence-corrected chi connectivity index (χ2v) is 6.43. The molecule has 0 radical (unpaired) electrons. The van der Waals surface area contributed by atoms with Crippen LogP contribution in [0.5, 0.6) is 0 Å². The summed E-state index contributed by atoms with van der Waals surface area (Å²) in [7, 11) is 1.75. The van der Waals surface area contributed by atoms with E-state index in [0.29, 0.717) is 16.3 Å². The highest BCUT2D eigenvalue weighted by atomic mass is 79.9. The maximum absolute atomic E-state index is 13.0. The number of nitrogens with zero attached hydrogens (tertiary/aromatic N) is 1. The van der Waals surface area contributed by atoms with Crippen molar-refractivity contribution in [3.8, 4) is 0 Å². The van der Waals surface area contributed by atoms with Crippen LogP contribution in [0.3, 0.4) is 0 Å². The van der Waals surface area contributed by atoms with Crippen LogP contribution in [0.2, 0.25) is 0 Å². The molecule has 1 aromatic carbocycles. The second kappa shape index (κ2) is 5.99. The molecule has 2 rings (SSSR count). The Morgan fingerprint density at radius 1 is 1.37 bits per heavy atom. The molecule has 1 saturated carbocycles. The average molecular weight is 332 g/mol. The molecule has 1 aliphatic carbocycles. The molecule has 0 aliphatic heterocycles. The SMILES string of the molecule is CN(CC1CC(Br)C1)C(=O)Cc1ccc(F)c(F)c1. The molecule has 2 nitrogen and oxygen atoms in total. The van der Waals surface area contributed by atoms with Gasteiger partial charge in [-0.25, -0.2) is 8.78 Å². The normalized spacial score (nSPS) is 21.9. The largest absolute Gasteiger partial charge is 0.345 e. The molecule has 5 heteroatoms. The van der Waals surface area contributed by atoms with Gasteiger partial charge in [0.25, 0.3) is 0 Å². The lowest BCUT2D eigenvalue weighted by Gasteiger charge is -2.34. The summed E-state index contributed by atoms with van der Waals surface area (Å²) in [5.41, 5.74) is 0.503. The first-order chi connectivity index (χ1) is 8.95. The minimum atomic E-state index is -0.908. The topological polar surface area (TPSA) is 20.3 Å². The van der Waals surface area contributed by atoms with E-state index >= 15 is 0 Å². The van der Waals surface area contributed by atoms with Crippen molar-refractivity contribution in [2.75, 3.05) is 13.6 Å². The number of alkyl halides is 1. The standard InChI is InChI=1S/C14H16BrF2NO/c1-18(8-10-4-11(15)5-10)14(19)7-9-2-3-12(16)13(17)6-9/h2-3,6,10-11H,4-5,7-8H2,1H3. The van der Waals surface area contributed by atoms with Crippen molar-refractivity contribution in [3.05, 3.63) is 35.4 Å². The summed E-state index contributed by atoms with van der Waals surface area (Å²) in [4.78, 5) is 14.2. The summed E-state index contributed by atoms with van der Waals surface area (Å²) in [6.45, 7) is 0.727. The Hall–Kier alpha value is -0.970. The zero-order valence-electron chi connectivity index (χ0n) is 10.7. The van der Waals surface area contributed by atoms with E-state index in [1.54, 1.807) is 11.9 Å². The molecule has 19 heavy (non-hydrogen) atoms. The highest BCUT2D eigenvalue weighted by Crippen LogP contribution is 2.33. The van der Waals surface area contributed by atoms with Gasteiger partial charge in [0.15, 0.2) is 11.6 Å². The van der Waals surface area contributed by atoms with Crippen LogP contribution in [0.15, 0.2) is 18.2 Å². The Labute approximate surface area is 119 Å². The van der Waals surface area contributed by atoms with Crippen LogP contribution in [-0.2, 0) is 11.2 Å². The van der Waals surface area contributed by atoms with Crippen molar-refractivity contribution in [1.82, 2.24) is 4.90 Å². The van der Waals surface area contributed by atoms with E-state index in [1.807, 2.05) is 0 Å². The van der Waals surface area contributed by atoms with Crippen LogP contribution in [0.4, 0.5) is 8.78 Å². The second-order valence-electron chi connectivity index (χ2n) is 5.13. The van der Waals surface area contributed by atoms with Gasteiger partial charge in [-0.1, -0.05) is 22.0 Å². The number of amides is 1. The van der Waals surface area contributed by atoms with E-state index in [-0.39, 0.29) is 12.3 Å². The van der Waals surface area contributed by atoms with Gasteiger partial charge in [0, 0.05) is 18.4 Å². The van der Waals surface area contributed by atoms with Crippen molar-refractivity contribution >= 4 is 21.8 Å². The molecule has 1 aromatic rings. The predicted octanol–water partition coefficient (Wildman–Crippen LogP) is 3.14. The van der Waals surface area contributed by atoms with Crippen LogP contribution in [0.1, 0.15) is 18.4 Å². The molecule has 1 fully saturated rings. The van der Waals surface area contributed by atoms with E-state index in [2.05, 4.69) is 15.9 Å². The fraction of sp³-hybridized carbons (Fsp3) is 0.500. The number of hydrogen-bond donors (Lipinski definition) is 0. The number of likely N-dealkylation sites (N-methyl/N-ethyl adjacent to an activating group) is 1. The van der Waals surface area contributed by atoms with Gasteiger partial charge in [0.2, 0.25) is 5.91 Å².